The number of aromatic nitrogens is 3. The highest BCUT2D eigenvalue weighted by Crippen LogP contribution is 2.50. The van der Waals surface area contributed by atoms with Crippen molar-refractivity contribution < 1.29 is 9.59 Å². The fourth-order valence-corrected chi connectivity index (χ4v) is 5.05. The molecule has 1 aliphatic carbocycles. The first kappa shape index (κ1) is 19.3. The van der Waals surface area contributed by atoms with Gasteiger partial charge >= 0.3 is 0 Å². The molecule has 158 valence electrons. The Morgan fingerprint density at radius 1 is 1.27 bits per heavy atom. The molecule has 4 heterocycles. The molecule has 2 saturated heterocycles. The maximum Gasteiger partial charge on any atom is 0.254 e. The van der Waals surface area contributed by atoms with Crippen LogP contribution >= 0.6 is 0 Å². The van der Waals surface area contributed by atoms with Gasteiger partial charge in [-0.05, 0) is 51.2 Å². The maximum atomic E-state index is 13.7. The lowest BCUT2D eigenvalue weighted by molar-refractivity contribution is -0.136. The van der Waals surface area contributed by atoms with Crippen LogP contribution in [0.3, 0.4) is 0 Å². The zero-order valence-corrected chi connectivity index (χ0v) is 17.7. The van der Waals surface area contributed by atoms with Crippen molar-refractivity contribution in [1.82, 2.24) is 24.3 Å². The Morgan fingerprint density at radius 3 is 2.70 bits per heavy atom. The van der Waals surface area contributed by atoms with Crippen molar-refractivity contribution in [2.75, 3.05) is 26.2 Å². The summed E-state index contributed by atoms with van der Waals surface area (Å²) in [7, 11) is 0. The van der Waals surface area contributed by atoms with E-state index in [-0.39, 0.29) is 17.7 Å². The Hall–Kier alpha value is -2.70. The van der Waals surface area contributed by atoms with Gasteiger partial charge in [-0.15, -0.1) is 0 Å². The van der Waals surface area contributed by atoms with Gasteiger partial charge in [-0.25, -0.2) is 4.98 Å². The SMILES string of the molecule is CC(C)n1cnc([C@H]2CN(C(=O)c3ccncc3)C[C@]23CCN(CC2CC2)C3=O)c1. The van der Waals surface area contributed by atoms with Crippen molar-refractivity contribution >= 4 is 11.8 Å². The molecule has 2 atom stereocenters. The van der Waals surface area contributed by atoms with Gasteiger partial charge < -0.3 is 14.4 Å². The number of likely N-dealkylation sites (tertiary alicyclic amines) is 2. The van der Waals surface area contributed by atoms with Crippen molar-refractivity contribution in [3.05, 3.63) is 48.3 Å². The van der Waals surface area contributed by atoms with Crippen molar-refractivity contribution in [1.29, 1.82) is 0 Å². The molecule has 7 heteroatoms. The number of carbonyl (C=O) groups is 2. The molecule has 2 aliphatic heterocycles. The summed E-state index contributed by atoms with van der Waals surface area (Å²) in [6.07, 6.45) is 10.4. The zero-order chi connectivity index (χ0) is 20.9. The summed E-state index contributed by atoms with van der Waals surface area (Å²) in [5, 5.41) is 0. The minimum absolute atomic E-state index is 0.0315. The minimum atomic E-state index is -0.562. The Morgan fingerprint density at radius 2 is 2.03 bits per heavy atom. The summed E-state index contributed by atoms with van der Waals surface area (Å²) < 4.78 is 2.08. The van der Waals surface area contributed by atoms with Gasteiger partial charge in [0.1, 0.15) is 0 Å². The lowest BCUT2D eigenvalue weighted by Crippen LogP contribution is -2.41. The number of pyridine rings is 1. The first-order chi connectivity index (χ1) is 14.5. The monoisotopic (exact) mass is 407 g/mol. The molecule has 7 nitrogen and oxygen atoms in total. The molecular weight excluding hydrogens is 378 g/mol. The van der Waals surface area contributed by atoms with Crippen molar-refractivity contribution in [3.63, 3.8) is 0 Å². The van der Waals surface area contributed by atoms with E-state index in [2.05, 4.69) is 34.6 Å². The lowest BCUT2D eigenvalue weighted by Gasteiger charge is -2.27. The van der Waals surface area contributed by atoms with Gasteiger partial charge in [0.25, 0.3) is 5.91 Å². The Bertz CT molecular complexity index is 952. The number of hydrogen-bond donors (Lipinski definition) is 0. The third-order valence-corrected chi connectivity index (χ3v) is 7.05. The van der Waals surface area contributed by atoms with Crippen LogP contribution in [0.15, 0.2) is 37.1 Å². The van der Waals surface area contributed by atoms with Crippen LogP contribution in [0.4, 0.5) is 0 Å². The van der Waals surface area contributed by atoms with E-state index < -0.39 is 5.41 Å². The molecule has 0 N–H and O–H groups in total. The van der Waals surface area contributed by atoms with Crippen molar-refractivity contribution in [3.8, 4) is 0 Å². The first-order valence-electron chi connectivity index (χ1n) is 11.0. The Labute approximate surface area is 177 Å². The number of carbonyl (C=O) groups excluding carboxylic acids is 2. The molecule has 3 fully saturated rings. The Balaban J connectivity index is 1.47. The molecule has 0 bridgehead atoms. The normalized spacial score (nSPS) is 26.4. The predicted molar refractivity (Wildman–Crippen MR) is 112 cm³/mol. The highest BCUT2D eigenvalue weighted by atomic mass is 16.2. The van der Waals surface area contributed by atoms with Crippen molar-refractivity contribution in [2.45, 2.75) is 45.1 Å². The molecule has 0 unspecified atom stereocenters. The molecule has 30 heavy (non-hydrogen) atoms. The number of nitrogens with zero attached hydrogens (tertiary/aromatic N) is 5. The van der Waals surface area contributed by atoms with E-state index in [1.54, 1.807) is 24.5 Å². The van der Waals surface area contributed by atoms with E-state index in [9.17, 15) is 9.59 Å². The number of amides is 2. The van der Waals surface area contributed by atoms with Crippen LogP contribution in [-0.4, -0.2) is 62.3 Å². The van der Waals surface area contributed by atoms with Crippen LogP contribution in [0, 0.1) is 11.3 Å². The van der Waals surface area contributed by atoms with E-state index >= 15 is 0 Å². The topological polar surface area (TPSA) is 71.3 Å². The number of rotatable bonds is 5. The highest BCUT2D eigenvalue weighted by molar-refractivity contribution is 5.96. The quantitative estimate of drug-likeness (QED) is 0.764. The summed E-state index contributed by atoms with van der Waals surface area (Å²) in [5.74, 6) is 0.776. The number of imidazole rings is 1. The molecule has 5 rings (SSSR count). The molecule has 3 aliphatic rings. The van der Waals surface area contributed by atoms with Crippen LogP contribution in [-0.2, 0) is 4.79 Å². The second kappa shape index (κ2) is 7.22. The molecular formula is C23H29N5O2. The van der Waals surface area contributed by atoms with Gasteiger partial charge in [0, 0.05) is 62.3 Å². The Kier molecular flexibility index (Phi) is 4.64. The fourth-order valence-electron chi connectivity index (χ4n) is 5.05. The molecule has 2 aromatic heterocycles. The molecule has 0 radical (unpaired) electrons. The van der Waals surface area contributed by atoms with Gasteiger partial charge in [-0.2, -0.15) is 0 Å². The smallest absolute Gasteiger partial charge is 0.254 e. The first-order valence-corrected chi connectivity index (χ1v) is 11.0. The summed E-state index contributed by atoms with van der Waals surface area (Å²) in [5.41, 5.74) is 0.984. The average Bonchev–Trinajstić information content (AvgIpc) is 3.17. The second-order valence-electron chi connectivity index (χ2n) is 9.41. The van der Waals surface area contributed by atoms with E-state index in [0.29, 0.717) is 30.6 Å². The van der Waals surface area contributed by atoms with Gasteiger partial charge in [0.15, 0.2) is 0 Å². The molecule has 2 amide bonds. The van der Waals surface area contributed by atoms with Gasteiger partial charge in [-0.1, -0.05) is 0 Å². The standard InChI is InChI=1S/C23H29N5O2/c1-16(2)28-13-20(25-15-28)19-12-27(21(29)18-5-8-24-9-6-18)14-23(19)7-10-26(22(23)30)11-17-3-4-17/h5-6,8-9,13,15-17,19H,3-4,7,10-12,14H2,1-2H3/t19-,23-/m1/s1. The minimum Gasteiger partial charge on any atom is -0.342 e. The molecule has 1 saturated carbocycles. The summed E-state index contributed by atoms with van der Waals surface area (Å²) in [6, 6.07) is 3.79. The van der Waals surface area contributed by atoms with Gasteiger partial charge in [0.05, 0.1) is 17.4 Å². The van der Waals surface area contributed by atoms with Gasteiger partial charge in [-0.3, -0.25) is 14.6 Å². The second-order valence-corrected chi connectivity index (χ2v) is 9.41. The summed E-state index contributed by atoms with van der Waals surface area (Å²) in [6.45, 7) is 6.88. The summed E-state index contributed by atoms with van der Waals surface area (Å²) >= 11 is 0. The summed E-state index contributed by atoms with van der Waals surface area (Å²) in [4.78, 5) is 39.5. The predicted octanol–water partition coefficient (Wildman–Crippen LogP) is 2.73. The zero-order valence-electron chi connectivity index (χ0n) is 17.7. The maximum absolute atomic E-state index is 13.7. The van der Waals surface area contributed by atoms with E-state index in [1.165, 1.54) is 12.8 Å². The largest absolute Gasteiger partial charge is 0.342 e. The molecule has 1 spiro atoms. The highest BCUT2D eigenvalue weighted by Gasteiger charge is 2.59. The third-order valence-electron chi connectivity index (χ3n) is 7.05. The van der Waals surface area contributed by atoms with E-state index in [4.69, 9.17) is 0 Å². The molecule has 0 aromatic carbocycles. The van der Waals surface area contributed by atoms with Crippen molar-refractivity contribution in [2.24, 2.45) is 11.3 Å². The van der Waals surface area contributed by atoms with Crippen LogP contribution in [0.1, 0.15) is 61.1 Å². The number of hydrogen-bond acceptors (Lipinski definition) is 4. The van der Waals surface area contributed by atoms with Gasteiger partial charge in [0.2, 0.25) is 5.91 Å². The molecule has 2 aromatic rings. The van der Waals surface area contributed by atoms with Crippen LogP contribution in [0.2, 0.25) is 0 Å². The van der Waals surface area contributed by atoms with Crippen LogP contribution < -0.4 is 0 Å². The van der Waals surface area contributed by atoms with Crippen LogP contribution in [0.5, 0.6) is 0 Å². The van der Waals surface area contributed by atoms with Crippen LogP contribution in [0.25, 0.3) is 0 Å². The van der Waals surface area contributed by atoms with E-state index in [0.717, 1.165) is 25.2 Å². The average molecular weight is 408 g/mol. The third kappa shape index (κ3) is 3.20. The fraction of sp³-hybridized carbons (Fsp3) is 0.565. The van der Waals surface area contributed by atoms with E-state index in [1.807, 2.05) is 16.1 Å². The lowest BCUT2D eigenvalue weighted by atomic mass is 9.75.